The van der Waals surface area contributed by atoms with Gasteiger partial charge in [-0.2, -0.15) is 4.31 Å². The van der Waals surface area contributed by atoms with Crippen LogP contribution in [0.4, 0.5) is 0 Å². The van der Waals surface area contributed by atoms with Crippen molar-refractivity contribution in [3.63, 3.8) is 0 Å². The minimum absolute atomic E-state index is 0.0412. The Balaban J connectivity index is 4.32. The van der Waals surface area contributed by atoms with Gasteiger partial charge in [-0.05, 0) is 0 Å². The summed E-state index contributed by atoms with van der Waals surface area (Å²) in [6, 6.07) is 0. The number of rotatable bonds is 9. The van der Waals surface area contributed by atoms with E-state index in [4.69, 9.17) is 15.2 Å². The first-order valence-electron chi connectivity index (χ1n) is 4.74. The molecule has 2 N–H and O–H groups in total. The van der Waals surface area contributed by atoms with Crippen LogP contribution in [-0.2, 0) is 19.5 Å². The Morgan fingerprint density at radius 3 is 1.93 bits per heavy atom. The molecule has 0 heterocycles. The van der Waals surface area contributed by atoms with Crippen LogP contribution in [0.5, 0.6) is 0 Å². The fourth-order valence-electron chi connectivity index (χ4n) is 1.05. The predicted octanol–water partition coefficient (Wildman–Crippen LogP) is -1.13. The van der Waals surface area contributed by atoms with Gasteiger partial charge in [-0.1, -0.05) is 0 Å². The number of nitrogens with two attached hydrogens (primary N) is 1. The number of sulfonamides is 1. The minimum atomic E-state index is -3.27. The van der Waals surface area contributed by atoms with E-state index in [1.807, 2.05) is 0 Å². The molecule has 0 aliphatic heterocycles. The molecule has 0 aliphatic carbocycles. The van der Waals surface area contributed by atoms with Crippen molar-refractivity contribution in [1.82, 2.24) is 4.31 Å². The topological polar surface area (TPSA) is 81.9 Å². The van der Waals surface area contributed by atoms with Gasteiger partial charge in [0.05, 0.1) is 19.0 Å². The lowest BCUT2D eigenvalue weighted by Crippen LogP contribution is -2.39. The molecule has 15 heavy (non-hydrogen) atoms. The maximum atomic E-state index is 11.7. The lowest BCUT2D eigenvalue weighted by molar-refractivity contribution is 0.150. The molecule has 0 bridgehead atoms. The highest BCUT2D eigenvalue weighted by Crippen LogP contribution is 2.00. The van der Waals surface area contributed by atoms with Crippen LogP contribution < -0.4 is 5.73 Å². The van der Waals surface area contributed by atoms with E-state index >= 15 is 0 Å². The minimum Gasteiger partial charge on any atom is -0.383 e. The van der Waals surface area contributed by atoms with Gasteiger partial charge in [0, 0.05) is 33.9 Å². The Labute approximate surface area is 91.4 Å². The molecule has 0 aromatic rings. The monoisotopic (exact) mass is 240 g/mol. The molecule has 6 nitrogen and oxygen atoms in total. The molecule has 0 spiro atoms. The zero-order valence-corrected chi connectivity index (χ0v) is 10.1. The van der Waals surface area contributed by atoms with Crippen molar-refractivity contribution in [2.24, 2.45) is 5.73 Å². The molecule has 0 unspecified atom stereocenters. The van der Waals surface area contributed by atoms with E-state index in [0.29, 0.717) is 26.3 Å². The van der Waals surface area contributed by atoms with Gasteiger partial charge in [0.25, 0.3) is 0 Å². The van der Waals surface area contributed by atoms with E-state index in [2.05, 4.69) is 0 Å². The number of nitrogens with zero attached hydrogens (tertiary/aromatic N) is 1. The van der Waals surface area contributed by atoms with Crippen LogP contribution in [0.25, 0.3) is 0 Å². The summed E-state index contributed by atoms with van der Waals surface area (Å²) in [6.45, 7) is 1.53. The molecule has 0 saturated carbocycles. The van der Waals surface area contributed by atoms with Crippen LogP contribution in [0.1, 0.15) is 0 Å². The van der Waals surface area contributed by atoms with Gasteiger partial charge in [0.15, 0.2) is 0 Å². The Morgan fingerprint density at radius 1 is 1.13 bits per heavy atom. The fraction of sp³-hybridized carbons (Fsp3) is 1.00. The van der Waals surface area contributed by atoms with Crippen LogP contribution in [0.15, 0.2) is 0 Å². The highest BCUT2D eigenvalue weighted by molar-refractivity contribution is 7.89. The third kappa shape index (κ3) is 6.06. The highest BCUT2D eigenvalue weighted by atomic mass is 32.2. The molecule has 0 amide bonds. The average Bonchev–Trinajstić information content (AvgIpc) is 2.17. The van der Waals surface area contributed by atoms with E-state index in [1.165, 1.54) is 18.5 Å². The third-order valence-corrected chi connectivity index (χ3v) is 3.76. The Morgan fingerprint density at radius 2 is 1.60 bits per heavy atom. The molecular formula is C8H20N2O4S. The summed E-state index contributed by atoms with van der Waals surface area (Å²) in [5.41, 5.74) is 5.24. The SMILES string of the molecule is COCCN(CCOC)S(=O)(=O)CCN. The zero-order chi connectivity index (χ0) is 11.7. The molecule has 92 valence electrons. The second-order valence-corrected chi connectivity index (χ2v) is 5.08. The van der Waals surface area contributed by atoms with Crippen LogP contribution in [0.3, 0.4) is 0 Å². The van der Waals surface area contributed by atoms with Crippen molar-refractivity contribution < 1.29 is 17.9 Å². The van der Waals surface area contributed by atoms with Gasteiger partial charge >= 0.3 is 0 Å². The van der Waals surface area contributed by atoms with Crippen LogP contribution >= 0.6 is 0 Å². The Bertz CT molecular complexity index is 235. The Kier molecular flexibility index (Phi) is 7.89. The van der Waals surface area contributed by atoms with Crippen molar-refractivity contribution >= 4 is 10.0 Å². The Hall–Kier alpha value is -0.210. The normalized spacial score (nSPS) is 12.3. The van der Waals surface area contributed by atoms with Crippen LogP contribution in [0.2, 0.25) is 0 Å². The smallest absolute Gasteiger partial charge is 0.215 e. The number of methoxy groups -OCH3 is 2. The summed E-state index contributed by atoms with van der Waals surface area (Å²) in [5, 5.41) is 0. The van der Waals surface area contributed by atoms with E-state index in [9.17, 15) is 8.42 Å². The summed E-state index contributed by atoms with van der Waals surface area (Å²) in [7, 11) is -0.205. The van der Waals surface area contributed by atoms with Crippen LogP contribution in [0, 0.1) is 0 Å². The third-order valence-electron chi connectivity index (χ3n) is 1.86. The van der Waals surface area contributed by atoms with Crippen molar-refractivity contribution in [2.75, 3.05) is 52.8 Å². The first-order chi connectivity index (χ1) is 7.08. The van der Waals surface area contributed by atoms with Crippen molar-refractivity contribution in [2.45, 2.75) is 0 Å². The van der Waals surface area contributed by atoms with E-state index in [-0.39, 0.29) is 12.3 Å². The van der Waals surface area contributed by atoms with Gasteiger partial charge in [-0.15, -0.1) is 0 Å². The number of hydrogen-bond donors (Lipinski definition) is 1. The molecule has 0 atom stereocenters. The fourth-order valence-corrected chi connectivity index (χ4v) is 2.32. The van der Waals surface area contributed by atoms with Gasteiger partial charge < -0.3 is 15.2 Å². The molecule has 0 saturated heterocycles. The van der Waals surface area contributed by atoms with E-state index in [0.717, 1.165) is 0 Å². The van der Waals surface area contributed by atoms with E-state index < -0.39 is 10.0 Å². The summed E-state index contributed by atoms with van der Waals surface area (Å²) < 4.78 is 34.4. The standard InChI is InChI=1S/C8H20N2O4S/c1-13-6-4-10(5-7-14-2)15(11,12)8-3-9/h3-9H2,1-2H3. The maximum absolute atomic E-state index is 11.7. The van der Waals surface area contributed by atoms with Gasteiger partial charge in [-0.3, -0.25) is 0 Å². The second kappa shape index (κ2) is 8.00. The number of ether oxygens (including phenoxy) is 2. The highest BCUT2D eigenvalue weighted by Gasteiger charge is 2.20. The number of hydrogen-bond acceptors (Lipinski definition) is 5. The second-order valence-electron chi connectivity index (χ2n) is 2.99. The predicted molar refractivity (Wildman–Crippen MR) is 58.2 cm³/mol. The van der Waals surface area contributed by atoms with Gasteiger partial charge in [0.2, 0.25) is 10.0 Å². The molecular weight excluding hydrogens is 220 g/mol. The first-order valence-corrected chi connectivity index (χ1v) is 6.35. The lowest BCUT2D eigenvalue weighted by atomic mass is 10.6. The van der Waals surface area contributed by atoms with Crippen molar-refractivity contribution in [3.05, 3.63) is 0 Å². The summed E-state index contributed by atoms with van der Waals surface area (Å²) >= 11 is 0. The molecule has 7 heteroatoms. The summed E-state index contributed by atoms with van der Waals surface area (Å²) in [6.07, 6.45) is 0. The lowest BCUT2D eigenvalue weighted by Gasteiger charge is -2.20. The van der Waals surface area contributed by atoms with Crippen molar-refractivity contribution in [1.29, 1.82) is 0 Å². The molecule has 0 aliphatic rings. The van der Waals surface area contributed by atoms with Crippen LogP contribution in [-0.4, -0.2) is 65.5 Å². The zero-order valence-electron chi connectivity index (χ0n) is 9.31. The molecule has 0 aromatic carbocycles. The molecule has 0 aromatic heterocycles. The largest absolute Gasteiger partial charge is 0.383 e. The quantitative estimate of drug-likeness (QED) is 0.551. The van der Waals surface area contributed by atoms with Gasteiger partial charge in [-0.25, -0.2) is 8.42 Å². The molecule has 0 fully saturated rings. The van der Waals surface area contributed by atoms with E-state index in [1.54, 1.807) is 0 Å². The van der Waals surface area contributed by atoms with Crippen molar-refractivity contribution in [3.8, 4) is 0 Å². The average molecular weight is 240 g/mol. The summed E-state index contributed by atoms with van der Waals surface area (Å²) in [4.78, 5) is 0. The molecule has 0 rings (SSSR count). The summed E-state index contributed by atoms with van der Waals surface area (Å²) in [5.74, 6) is -0.0412. The first kappa shape index (κ1) is 14.8. The molecule has 0 radical (unpaired) electrons. The van der Waals surface area contributed by atoms with Gasteiger partial charge in [0.1, 0.15) is 0 Å². The maximum Gasteiger partial charge on any atom is 0.215 e.